The molecule has 2 aromatic heterocycles. The van der Waals surface area contributed by atoms with E-state index >= 15 is 0 Å². The zero-order valence-electron chi connectivity index (χ0n) is 12.1. The third-order valence-corrected chi connectivity index (χ3v) is 4.98. The topological polar surface area (TPSA) is 89.2 Å². The van der Waals surface area contributed by atoms with Crippen LogP contribution in [0.2, 0.25) is 5.02 Å². The van der Waals surface area contributed by atoms with Crippen molar-refractivity contribution in [3.05, 3.63) is 53.6 Å². The number of benzene rings is 1. The van der Waals surface area contributed by atoms with Gasteiger partial charge in [-0.1, -0.05) is 11.6 Å². The lowest BCUT2D eigenvalue weighted by Crippen LogP contribution is -2.25. The molecule has 0 aliphatic rings. The van der Waals surface area contributed by atoms with Crippen LogP contribution < -0.4 is 4.72 Å². The summed E-state index contributed by atoms with van der Waals surface area (Å²) in [4.78, 5) is 8.33. The Morgan fingerprint density at radius 2 is 1.96 bits per heavy atom. The molecule has 3 rings (SSSR count). The Bertz CT molecular complexity index is 908. The van der Waals surface area contributed by atoms with Crippen molar-refractivity contribution in [3.8, 4) is 0 Å². The van der Waals surface area contributed by atoms with Gasteiger partial charge in [0.1, 0.15) is 6.33 Å². The molecule has 7 nitrogen and oxygen atoms in total. The van der Waals surface area contributed by atoms with Crippen LogP contribution in [0.25, 0.3) is 5.78 Å². The number of fused-ring (bicyclic) bond motifs is 1. The molecule has 120 valence electrons. The number of rotatable bonds is 6. The minimum Gasteiger partial charge on any atom is -0.219 e. The van der Waals surface area contributed by atoms with Crippen molar-refractivity contribution in [3.63, 3.8) is 0 Å². The van der Waals surface area contributed by atoms with Crippen LogP contribution in [-0.2, 0) is 16.4 Å². The van der Waals surface area contributed by atoms with Crippen molar-refractivity contribution in [1.82, 2.24) is 24.3 Å². The van der Waals surface area contributed by atoms with E-state index in [1.807, 2.05) is 6.20 Å². The Balaban J connectivity index is 1.55. The second-order valence-corrected chi connectivity index (χ2v) is 7.13. The highest BCUT2D eigenvalue weighted by atomic mass is 35.5. The number of nitrogens with zero attached hydrogens (tertiary/aromatic N) is 4. The molecule has 2 heterocycles. The summed E-state index contributed by atoms with van der Waals surface area (Å²) in [6.45, 7) is 0.334. The minimum atomic E-state index is -3.51. The van der Waals surface area contributed by atoms with Gasteiger partial charge in [-0.2, -0.15) is 10.1 Å². The predicted octanol–water partition coefficient (Wildman–Crippen LogP) is 1.69. The maximum Gasteiger partial charge on any atom is 0.252 e. The molecule has 0 spiro atoms. The number of nitrogens with one attached hydrogen (secondary N) is 1. The molecule has 0 aliphatic carbocycles. The Hall–Kier alpha value is -2.03. The van der Waals surface area contributed by atoms with Crippen LogP contribution in [0, 0.1) is 0 Å². The van der Waals surface area contributed by atoms with Crippen molar-refractivity contribution >= 4 is 27.4 Å². The highest BCUT2D eigenvalue weighted by Crippen LogP contribution is 2.13. The van der Waals surface area contributed by atoms with Gasteiger partial charge in [0.05, 0.1) is 4.90 Å². The summed E-state index contributed by atoms with van der Waals surface area (Å²) < 4.78 is 28.4. The fourth-order valence-corrected chi connectivity index (χ4v) is 3.28. The standard InChI is InChI=1S/C14H14ClN5O2S/c15-12-3-5-13(6-4-12)23(21,22)19-7-1-2-11-8-16-14-17-10-18-20(14)9-11/h3-6,8-10,19H,1-2,7H2. The molecule has 0 saturated heterocycles. The van der Waals surface area contributed by atoms with E-state index in [0.717, 1.165) is 5.56 Å². The van der Waals surface area contributed by atoms with Gasteiger partial charge in [-0.3, -0.25) is 0 Å². The summed E-state index contributed by atoms with van der Waals surface area (Å²) in [5.74, 6) is 0.539. The summed E-state index contributed by atoms with van der Waals surface area (Å²) in [6, 6.07) is 6.06. The highest BCUT2D eigenvalue weighted by Gasteiger charge is 2.12. The normalized spacial score (nSPS) is 11.9. The van der Waals surface area contributed by atoms with Gasteiger partial charge < -0.3 is 0 Å². The highest BCUT2D eigenvalue weighted by molar-refractivity contribution is 7.89. The van der Waals surface area contributed by atoms with Gasteiger partial charge in [-0.05, 0) is 42.7 Å². The number of hydrogen-bond donors (Lipinski definition) is 1. The molecule has 0 atom stereocenters. The molecule has 0 radical (unpaired) electrons. The van der Waals surface area contributed by atoms with Gasteiger partial charge in [0.15, 0.2) is 0 Å². The van der Waals surface area contributed by atoms with Gasteiger partial charge in [0.2, 0.25) is 10.0 Å². The first-order chi connectivity index (χ1) is 11.0. The third-order valence-electron chi connectivity index (χ3n) is 3.25. The second-order valence-electron chi connectivity index (χ2n) is 4.92. The molecule has 0 unspecified atom stereocenters. The Kier molecular flexibility index (Phi) is 4.56. The van der Waals surface area contributed by atoms with E-state index < -0.39 is 10.0 Å². The average Bonchev–Trinajstić information content (AvgIpc) is 3.00. The zero-order chi connectivity index (χ0) is 16.3. The SMILES string of the molecule is O=S(=O)(NCCCc1cnc2ncnn2c1)c1ccc(Cl)cc1. The fourth-order valence-electron chi connectivity index (χ4n) is 2.08. The van der Waals surface area contributed by atoms with Gasteiger partial charge >= 0.3 is 0 Å². The van der Waals surface area contributed by atoms with Crippen LogP contribution in [0.1, 0.15) is 12.0 Å². The Morgan fingerprint density at radius 3 is 2.74 bits per heavy atom. The molecule has 3 aromatic rings. The summed E-state index contributed by atoms with van der Waals surface area (Å²) in [5, 5.41) is 4.51. The molecule has 23 heavy (non-hydrogen) atoms. The van der Waals surface area contributed by atoms with Gasteiger partial charge in [0.25, 0.3) is 5.78 Å². The zero-order valence-corrected chi connectivity index (χ0v) is 13.6. The fraction of sp³-hybridized carbons (Fsp3) is 0.214. The van der Waals surface area contributed by atoms with Crippen LogP contribution in [-0.4, -0.2) is 34.5 Å². The summed E-state index contributed by atoms with van der Waals surface area (Å²) in [5.41, 5.74) is 0.966. The van der Waals surface area contributed by atoms with Crippen molar-refractivity contribution in [2.75, 3.05) is 6.54 Å². The van der Waals surface area contributed by atoms with Crippen molar-refractivity contribution < 1.29 is 8.42 Å². The van der Waals surface area contributed by atoms with Gasteiger partial charge in [-0.25, -0.2) is 22.6 Å². The van der Waals surface area contributed by atoms with E-state index in [-0.39, 0.29) is 4.90 Å². The number of halogens is 1. The van der Waals surface area contributed by atoms with Gasteiger partial charge in [0, 0.05) is 24.0 Å². The number of aryl methyl sites for hydroxylation is 1. The molecule has 1 N–H and O–H groups in total. The summed E-state index contributed by atoms with van der Waals surface area (Å²) in [7, 11) is -3.51. The summed E-state index contributed by atoms with van der Waals surface area (Å²) in [6.07, 6.45) is 6.33. The van der Waals surface area contributed by atoms with Crippen molar-refractivity contribution in [2.45, 2.75) is 17.7 Å². The largest absolute Gasteiger partial charge is 0.252 e. The predicted molar refractivity (Wildman–Crippen MR) is 85.7 cm³/mol. The molecule has 0 saturated carbocycles. The van der Waals surface area contributed by atoms with E-state index in [9.17, 15) is 8.42 Å². The number of sulfonamides is 1. The molecular formula is C14H14ClN5O2S. The molecule has 0 fully saturated rings. The number of aromatic nitrogens is 4. The van der Waals surface area contributed by atoms with Crippen LogP contribution >= 0.6 is 11.6 Å². The van der Waals surface area contributed by atoms with Crippen LogP contribution in [0.4, 0.5) is 0 Å². The quantitative estimate of drug-likeness (QED) is 0.682. The molecule has 9 heteroatoms. The minimum absolute atomic E-state index is 0.201. The molecule has 0 aliphatic heterocycles. The van der Waals surface area contributed by atoms with Crippen molar-refractivity contribution in [1.29, 1.82) is 0 Å². The first-order valence-electron chi connectivity index (χ1n) is 6.94. The first kappa shape index (κ1) is 15.9. The smallest absolute Gasteiger partial charge is 0.219 e. The lowest BCUT2D eigenvalue weighted by Gasteiger charge is -2.07. The van der Waals surface area contributed by atoms with Gasteiger partial charge in [-0.15, -0.1) is 0 Å². The maximum absolute atomic E-state index is 12.1. The van der Waals surface area contributed by atoms with Crippen LogP contribution in [0.15, 0.2) is 47.9 Å². The molecule has 1 aromatic carbocycles. The average molecular weight is 352 g/mol. The van der Waals surface area contributed by atoms with Crippen LogP contribution in [0.3, 0.4) is 0 Å². The van der Waals surface area contributed by atoms with E-state index in [1.165, 1.54) is 18.5 Å². The lowest BCUT2D eigenvalue weighted by molar-refractivity contribution is 0.579. The first-order valence-corrected chi connectivity index (χ1v) is 8.80. The maximum atomic E-state index is 12.1. The second kappa shape index (κ2) is 6.61. The molecule has 0 bridgehead atoms. The van der Waals surface area contributed by atoms with E-state index in [4.69, 9.17) is 11.6 Å². The van der Waals surface area contributed by atoms with E-state index in [1.54, 1.807) is 22.8 Å². The molecular weight excluding hydrogens is 338 g/mol. The number of hydrogen-bond acceptors (Lipinski definition) is 5. The third kappa shape index (κ3) is 3.84. The van der Waals surface area contributed by atoms with E-state index in [2.05, 4.69) is 19.8 Å². The van der Waals surface area contributed by atoms with Crippen molar-refractivity contribution in [2.24, 2.45) is 0 Å². The molecule has 0 amide bonds. The van der Waals surface area contributed by atoms with E-state index in [0.29, 0.717) is 30.2 Å². The summed E-state index contributed by atoms with van der Waals surface area (Å²) >= 11 is 5.76. The Morgan fingerprint density at radius 1 is 1.17 bits per heavy atom. The Labute approximate surface area is 138 Å². The monoisotopic (exact) mass is 351 g/mol. The lowest BCUT2D eigenvalue weighted by atomic mass is 10.2. The van der Waals surface area contributed by atoms with Crippen LogP contribution in [0.5, 0.6) is 0 Å².